The third-order valence-electron chi connectivity index (χ3n) is 3.31. The number of amides is 1. The number of nitrogens with two attached hydrogens (primary N) is 1. The number of piperidine rings is 1. The summed E-state index contributed by atoms with van der Waals surface area (Å²) in [5.41, 5.74) is 7.04. The van der Waals surface area contributed by atoms with E-state index in [2.05, 4.69) is 0 Å². The van der Waals surface area contributed by atoms with E-state index in [1.165, 1.54) is 4.90 Å². The zero-order valence-electron chi connectivity index (χ0n) is 9.71. The van der Waals surface area contributed by atoms with E-state index < -0.39 is 6.09 Å². The molecular weight excluding hydrogens is 216 g/mol. The van der Waals surface area contributed by atoms with Gasteiger partial charge in [0.05, 0.1) is 0 Å². The largest absolute Gasteiger partial charge is 0.530 e. The summed E-state index contributed by atoms with van der Waals surface area (Å²) in [7, 11) is 0. The van der Waals surface area contributed by atoms with Crippen molar-refractivity contribution in [3.8, 4) is 0 Å². The van der Waals surface area contributed by atoms with Crippen LogP contribution in [0.15, 0.2) is 30.3 Å². The zero-order valence-corrected chi connectivity index (χ0v) is 9.71. The lowest BCUT2D eigenvalue weighted by atomic mass is 9.93. The fraction of sp³-hybridized carbons (Fsp3) is 0.462. The minimum absolute atomic E-state index is 0.0499. The lowest BCUT2D eigenvalue weighted by molar-refractivity contribution is -0.269. The minimum Gasteiger partial charge on any atom is -0.530 e. The third-order valence-corrected chi connectivity index (χ3v) is 3.31. The van der Waals surface area contributed by atoms with E-state index in [-0.39, 0.29) is 12.1 Å². The molecule has 0 aliphatic carbocycles. The summed E-state index contributed by atoms with van der Waals surface area (Å²) in [6.45, 7) is 0.487. The molecule has 1 aliphatic heterocycles. The number of benzene rings is 1. The molecule has 0 radical (unpaired) electrons. The maximum absolute atomic E-state index is 11.0. The number of hydrogen-bond acceptors (Lipinski definition) is 3. The Morgan fingerprint density at radius 1 is 1.41 bits per heavy atom. The van der Waals surface area contributed by atoms with Gasteiger partial charge in [0.2, 0.25) is 0 Å². The van der Waals surface area contributed by atoms with E-state index in [1.54, 1.807) is 0 Å². The molecule has 4 heteroatoms. The fourth-order valence-electron chi connectivity index (χ4n) is 2.40. The molecule has 2 N–H and O–H groups in total. The van der Waals surface area contributed by atoms with Gasteiger partial charge >= 0.3 is 0 Å². The van der Waals surface area contributed by atoms with Crippen LogP contribution in [0.5, 0.6) is 0 Å². The SMILES string of the molecule is NC1CCN(C(=O)[O-])C(Cc2ccccc2)C1. The van der Waals surface area contributed by atoms with Crippen LogP contribution >= 0.6 is 0 Å². The third kappa shape index (κ3) is 2.97. The van der Waals surface area contributed by atoms with Crippen molar-refractivity contribution in [3.63, 3.8) is 0 Å². The van der Waals surface area contributed by atoms with Gasteiger partial charge in [-0.05, 0) is 24.8 Å². The van der Waals surface area contributed by atoms with E-state index in [1.807, 2.05) is 30.3 Å². The highest BCUT2D eigenvalue weighted by atomic mass is 16.4. The lowest BCUT2D eigenvalue weighted by Crippen LogP contribution is -2.54. The van der Waals surface area contributed by atoms with Crippen molar-refractivity contribution in [1.29, 1.82) is 0 Å². The smallest absolute Gasteiger partial charge is 0.137 e. The Bertz CT molecular complexity index is 380. The number of carboxylic acid groups (broad SMARTS) is 1. The molecule has 2 unspecified atom stereocenters. The van der Waals surface area contributed by atoms with Gasteiger partial charge in [0.1, 0.15) is 6.09 Å². The summed E-state index contributed by atoms with van der Waals surface area (Å²) in [5.74, 6) is 0. The minimum atomic E-state index is -1.09. The summed E-state index contributed by atoms with van der Waals surface area (Å²) in [6, 6.07) is 9.93. The molecule has 1 heterocycles. The molecule has 0 aromatic heterocycles. The van der Waals surface area contributed by atoms with Gasteiger partial charge in [-0.2, -0.15) is 0 Å². The number of hydrogen-bond donors (Lipinski definition) is 1. The molecule has 1 aromatic rings. The van der Waals surface area contributed by atoms with E-state index >= 15 is 0 Å². The van der Waals surface area contributed by atoms with E-state index in [9.17, 15) is 9.90 Å². The van der Waals surface area contributed by atoms with E-state index in [4.69, 9.17) is 5.73 Å². The molecule has 2 atom stereocenters. The summed E-state index contributed by atoms with van der Waals surface area (Å²) >= 11 is 0. The Balaban J connectivity index is 2.08. The van der Waals surface area contributed by atoms with Crippen LogP contribution in [0.25, 0.3) is 0 Å². The number of rotatable bonds is 2. The van der Waals surface area contributed by atoms with Crippen molar-refractivity contribution < 1.29 is 9.90 Å². The van der Waals surface area contributed by atoms with Gasteiger partial charge in [-0.15, -0.1) is 0 Å². The first-order valence-electron chi connectivity index (χ1n) is 5.94. The van der Waals surface area contributed by atoms with Crippen molar-refractivity contribution in [3.05, 3.63) is 35.9 Å². The van der Waals surface area contributed by atoms with Gasteiger partial charge in [-0.25, -0.2) is 0 Å². The molecule has 0 saturated carbocycles. The van der Waals surface area contributed by atoms with Crippen LogP contribution in [0.4, 0.5) is 4.79 Å². The second-order valence-electron chi connectivity index (χ2n) is 4.59. The monoisotopic (exact) mass is 233 g/mol. The van der Waals surface area contributed by atoms with Crippen LogP contribution in [-0.4, -0.2) is 29.6 Å². The Labute approximate surface area is 101 Å². The van der Waals surface area contributed by atoms with Crippen LogP contribution in [0, 0.1) is 0 Å². The molecule has 1 aromatic carbocycles. The average Bonchev–Trinajstić information content (AvgIpc) is 2.30. The van der Waals surface area contributed by atoms with Gasteiger partial charge in [0.25, 0.3) is 0 Å². The summed E-state index contributed by atoms with van der Waals surface area (Å²) < 4.78 is 0. The Kier molecular flexibility index (Phi) is 3.64. The van der Waals surface area contributed by atoms with Crippen molar-refractivity contribution in [2.45, 2.75) is 31.3 Å². The topological polar surface area (TPSA) is 69.4 Å². The summed E-state index contributed by atoms with van der Waals surface area (Å²) in [4.78, 5) is 12.4. The first-order valence-corrected chi connectivity index (χ1v) is 5.94. The standard InChI is InChI=1S/C13H18N2O2/c14-11-6-7-15(13(16)17)12(9-11)8-10-4-2-1-3-5-10/h1-5,11-12H,6-9,14H2,(H,16,17)/p-1. The summed E-state index contributed by atoms with van der Waals surface area (Å²) in [6.07, 6.45) is 1.06. The number of likely N-dealkylation sites (tertiary alicyclic amines) is 1. The molecule has 1 saturated heterocycles. The molecule has 4 nitrogen and oxygen atoms in total. The molecule has 92 valence electrons. The molecule has 0 spiro atoms. The predicted molar refractivity (Wildman–Crippen MR) is 63.2 cm³/mol. The highest BCUT2D eigenvalue weighted by Crippen LogP contribution is 2.19. The maximum Gasteiger partial charge on any atom is 0.137 e. The van der Waals surface area contributed by atoms with Crippen LogP contribution in [0.2, 0.25) is 0 Å². The Morgan fingerprint density at radius 2 is 2.12 bits per heavy atom. The Morgan fingerprint density at radius 3 is 2.76 bits per heavy atom. The van der Waals surface area contributed by atoms with Gasteiger partial charge in [0, 0.05) is 18.6 Å². The predicted octanol–water partition coefficient (Wildman–Crippen LogP) is 0.364. The first kappa shape index (κ1) is 11.9. The van der Waals surface area contributed by atoms with Crippen molar-refractivity contribution in [2.24, 2.45) is 5.73 Å². The second kappa shape index (κ2) is 5.19. The van der Waals surface area contributed by atoms with E-state index in [0.717, 1.165) is 12.0 Å². The quantitative estimate of drug-likeness (QED) is 0.802. The molecule has 1 aliphatic rings. The molecule has 1 fully saturated rings. The van der Waals surface area contributed by atoms with Crippen molar-refractivity contribution in [2.75, 3.05) is 6.54 Å². The van der Waals surface area contributed by atoms with Gasteiger partial charge in [-0.3, -0.25) is 0 Å². The van der Waals surface area contributed by atoms with Crippen LogP contribution in [-0.2, 0) is 6.42 Å². The maximum atomic E-state index is 11.0. The normalized spacial score (nSPS) is 24.6. The molecule has 1 amide bonds. The van der Waals surface area contributed by atoms with Gasteiger partial charge < -0.3 is 20.5 Å². The second-order valence-corrected chi connectivity index (χ2v) is 4.59. The average molecular weight is 233 g/mol. The molecule has 17 heavy (non-hydrogen) atoms. The van der Waals surface area contributed by atoms with Crippen molar-refractivity contribution >= 4 is 6.09 Å². The van der Waals surface area contributed by atoms with Gasteiger partial charge in [0.15, 0.2) is 0 Å². The molecule has 0 bridgehead atoms. The van der Waals surface area contributed by atoms with Crippen LogP contribution in [0.3, 0.4) is 0 Å². The zero-order chi connectivity index (χ0) is 12.3. The lowest BCUT2D eigenvalue weighted by Gasteiger charge is -2.40. The number of carbonyl (C=O) groups is 1. The van der Waals surface area contributed by atoms with Crippen LogP contribution < -0.4 is 10.8 Å². The molecule has 2 rings (SSSR count). The number of nitrogens with zero attached hydrogens (tertiary/aromatic N) is 1. The van der Waals surface area contributed by atoms with Gasteiger partial charge in [-0.1, -0.05) is 30.3 Å². The fourth-order valence-corrected chi connectivity index (χ4v) is 2.40. The molecular formula is C13H17N2O2-. The highest BCUT2D eigenvalue weighted by Gasteiger charge is 2.26. The van der Waals surface area contributed by atoms with Crippen LogP contribution in [0.1, 0.15) is 18.4 Å². The Hall–Kier alpha value is -1.55. The van der Waals surface area contributed by atoms with Crippen molar-refractivity contribution in [1.82, 2.24) is 4.90 Å². The summed E-state index contributed by atoms with van der Waals surface area (Å²) in [5, 5.41) is 11.0. The first-order chi connectivity index (χ1) is 8.16. The number of carbonyl (C=O) groups excluding carboxylic acids is 1. The van der Waals surface area contributed by atoms with E-state index in [0.29, 0.717) is 19.4 Å². The highest BCUT2D eigenvalue weighted by molar-refractivity contribution is 5.63.